The van der Waals surface area contributed by atoms with E-state index in [1.807, 2.05) is 17.9 Å². The Bertz CT molecular complexity index is 798. The first-order valence-electron chi connectivity index (χ1n) is 9.83. The molecule has 11 heteroatoms. The van der Waals surface area contributed by atoms with Gasteiger partial charge in [0.2, 0.25) is 15.9 Å². The summed E-state index contributed by atoms with van der Waals surface area (Å²) in [6.07, 6.45) is 2.11. The molecular formula is C19H32IN5O4S. The number of amides is 1. The van der Waals surface area contributed by atoms with E-state index in [-0.39, 0.29) is 54.4 Å². The number of hydrogen-bond acceptors (Lipinski definition) is 5. The number of nitrogens with one attached hydrogen (secondary N) is 3. The van der Waals surface area contributed by atoms with Crippen LogP contribution in [0, 0.1) is 0 Å². The summed E-state index contributed by atoms with van der Waals surface area (Å²) >= 11 is 0. The maximum absolute atomic E-state index is 12.3. The van der Waals surface area contributed by atoms with Crippen molar-refractivity contribution in [2.75, 3.05) is 46.4 Å². The van der Waals surface area contributed by atoms with Crippen LogP contribution in [0.1, 0.15) is 25.3 Å². The molecule has 1 fully saturated rings. The molecule has 1 aromatic rings. The van der Waals surface area contributed by atoms with Crippen LogP contribution < -0.4 is 15.4 Å². The zero-order chi connectivity index (χ0) is 21.1. The molecule has 170 valence electrons. The fraction of sp³-hybridized carbons (Fsp3) is 0.579. The zero-order valence-corrected chi connectivity index (χ0v) is 20.7. The maximum Gasteiger partial charge on any atom is 0.241 e. The lowest BCUT2D eigenvalue weighted by molar-refractivity contribution is -0.128. The van der Waals surface area contributed by atoms with E-state index in [4.69, 9.17) is 4.74 Å². The number of methoxy groups -OCH3 is 1. The number of benzene rings is 1. The Labute approximate surface area is 196 Å². The van der Waals surface area contributed by atoms with Crippen molar-refractivity contribution in [2.45, 2.75) is 31.2 Å². The molecule has 0 aliphatic carbocycles. The van der Waals surface area contributed by atoms with Gasteiger partial charge in [-0.1, -0.05) is 12.1 Å². The molecule has 0 bridgehead atoms. The summed E-state index contributed by atoms with van der Waals surface area (Å²) in [5, 5.41) is 6.15. The van der Waals surface area contributed by atoms with Crippen LogP contribution in [0.15, 0.2) is 34.2 Å². The molecule has 1 amide bonds. The fourth-order valence-corrected chi connectivity index (χ4v) is 4.01. The summed E-state index contributed by atoms with van der Waals surface area (Å²) in [4.78, 5) is 18.7. The number of hydrogen-bond donors (Lipinski definition) is 3. The first-order chi connectivity index (χ1) is 14.0. The highest BCUT2D eigenvalue weighted by Gasteiger charge is 2.18. The number of rotatable bonds is 10. The van der Waals surface area contributed by atoms with Crippen molar-refractivity contribution in [1.29, 1.82) is 0 Å². The molecule has 3 N–H and O–H groups in total. The highest BCUT2D eigenvalue weighted by Crippen LogP contribution is 2.12. The Kier molecular flexibility index (Phi) is 12.2. The number of likely N-dealkylation sites (tertiary alicyclic amines) is 1. The number of aliphatic imine (C=N–C) groups is 1. The molecule has 9 nitrogen and oxygen atoms in total. The quantitative estimate of drug-likeness (QED) is 0.172. The number of carbonyl (C=O) groups is 1. The van der Waals surface area contributed by atoms with Gasteiger partial charge >= 0.3 is 0 Å². The van der Waals surface area contributed by atoms with Crippen molar-refractivity contribution in [3.05, 3.63) is 29.8 Å². The van der Waals surface area contributed by atoms with Gasteiger partial charge in [0.1, 0.15) is 0 Å². The van der Waals surface area contributed by atoms with Crippen molar-refractivity contribution in [3.8, 4) is 0 Å². The summed E-state index contributed by atoms with van der Waals surface area (Å²) in [7, 11) is -2.08. The zero-order valence-electron chi connectivity index (χ0n) is 17.5. The molecule has 0 unspecified atom stereocenters. The summed E-state index contributed by atoms with van der Waals surface area (Å²) < 4.78 is 32.0. The van der Waals surface area contributed by atoms with Gasteiger partial charge in [-0.25, -0.2) is 18.1 Å². The SMILES string of the molecule is CCNC(=NCc1cccc(S(=O)(=O)NCCOC)c1)NCC(=O)N1CCCC1.I. The third-order valence-corrected chi connectivity index (χ3v) is 5.90. The van der Waals surface area contributed by atoms with Crippen molar-refractivity contribution in [1.82, 2.24) is 20.3 Å². The van der Waals surface area contributed by atoms with Gasteiger partial charge in [0.05, 0.1) is 24.6 Å². The summed E-state index contributed by atoms with van der Waals surface area (Å²) in [5.74, 6) is 0.579. The van der Waals surface area contributed by atoms with E-state index in [0.29, 0.717) is 19.1 Å². The van der Waals surface area contributed by atoms with E-state index in [1.54, 1.807) is 18.2 Å². The van der Waals surface area contributed by atoms with Crippen LogP contribution in [0.25, 0.3) is 0 Å². The van der Waals surface area contributed by atoms with Crippen LogP contribution in [-0.2, 0) is 26.1 Å². The normalized spacial score (nSPS) is 14.3. The van der Waals surface area contributed by atoms with Crippen molar-refractivity contribution in [3.63, 3.8) is 0 Å². The average molecular weight is 553 g/mol. The number of ether oxygens (including phenoxy) is 1. The summed E-state index contributed by atoms with van der Waals surface area (Å²) in [6, 6.07) is 6.64. The molecule has 1 saturated heterocycles. The van der Waals surface area contributed by atoms with Crippen LogP contribution in [0.3, 0.4) is 0 Å². The highest BCUT2D eigenvalue weighted by atomic mass is 127. The first-order valence-corrected chi connectivity index (χ1v) is 11.3. The second-order valence-electron chi connectivity index (χ2n) is 6.67. The maximum atomic E-state index is 12.3. The Hall–Kier alpha value is -1.44. The van der Waals surface area contributed by atoms with Crippen LogP contribution in [0.5, 0.6) is 0 Å². The van der Waals surface area contributed by atoms with Crippen LogP contribution in [0.2, 0.25) is 0 Å². The molecule has 1 heterocycles. The highest BCUT2D eigenvalue weighted by molar-refractivity contribution is 14.0. The van der Waals surface area contributed by atoms with Gasteiger partial charge in [0.25, 0.3) is 0 Å². The van der Waals surface area contributed by atoms with Gasteiger partial charge in [-0.05, 0) is 37.5 Å². The van der Waals surface area contributed by atoms with E-state index in [2.05, 4.69) is 20.3 Å². The van der Waals surface area contributed by atoms with Crippen LogP contribution >= 0.6 is 24.0 Å². The molecule has 0 saturated carbocycles. The second kappa shape index (κ2) is 13.8. The van der Waals surface area contributed by atoms with Gasteiger partial charge in [-0.2, -0.15) is 0 Å². The summed E-state index contributed by atoms with van der Waals surface area (Å²) in [5.41, 5.74) is 0.752. The van der Waals surface area contributed by atoms with Crippen molar-refractivity contribution >= 4 is 45.9 Å². The smallest absolute Gasteiger partial charge is 0.241 e. The molecule has 0 aromatic heterocycles. The predicted octanol–water partition coefficient (Wildman–Crippen LogP) is 0.907. The second-order valence-corrected chi connectivity index (χ2v) is 8.44. The number of halogens is 1. The lowest BCUT2D eigenvalue weighted by atomic mass is 10.2. The van der Waals surface area contributed by atoms with E-state index >= 15 is 0 Å². The monoisotopic (exact) mass is 553 g/mol. The predicted molar refractivity (Wildman–Crippen MR) is 128 cm³/mol. The third-order valence-electron chi connectivity index (χ3n) is 4.44. The topological polar surface area (TPSA) is 112 Å². The Balaban J connectivity index is 0.00000450. The average Bonchev–Trinajstić information content (AvgIpc) is 3.25. The Morgan fingerprint density at radius 3 is 2.63 bits per heavy atom. The lowest BCUT2D eigenvalue weighted by Crippen LogP contribution is -2.44. The molecular weight excluding hydrogens is 521 g/mol. The third kappa shape index (κ3) is 8.74. The molecule has 0 spiro atoms. The Morgan fingerprint density at radius 2 is 1.97 bits per heavy atom. The van der Waals surface area contributed by atoms with Gasteiger partial charge < -0.3 is 20.3 Å². The van der Waals surface area contributed by atoms with E-state index in [9.17, 15) is 13.2 Å². The van der Waals surface area contributed by atoms with Crippen molar-refractivity contribution in [2.24, 2.45) is 4.99 Å². The number of sulfonamides is 1. The van der Waals surface area contributed by atoms with Gasteiger partial charge in [-0.3, -0.25) is 4.79 Å². The largest absolute Gasteiger partial charge is 0.383 e. The molecule has 0 radical (unpaired) electrons. The fourth-order valence-electron chi connectivity index (χ4n) is 2.92. The Morgan fingerprint density at radius 1 is 1.23 bits per heavy atom. The van der Waals surface area contributed by atoms with Gasteiger partial charge in [0, 0.05) is 33.3 Å². The molecule has 1 aromatic carbocycles. The minimum atomic E-state index is -3.59. The molecule has 1 aliphatic rings. The minimum Gasteiger partial charge on any atom is -0.383 e. The van der Waals surface area contributed by atoms with Crippen LogP contribution in [0.4, 0.5) is 0 Å². The molecule has 30 heavy (non-hydrogen) atoms. The number of nitrogens with zero attached hydrogens (tertiary/aromatic N) is 2. The number of guanidine groups is 1. The van der Waals surface area contributed by atoms with Gasteiger partial charge in [-0.15, -0.1) is 24.0 Å². The van der Waals surface area contributed by atoms with E-state index < -0.39 is 10.0 Å². The molecule has 1 aliphatic heterocycles. The van der Waals surface area contributed by atoms with Crippen LogP contribution in [-0.4, -0.2) is 71.6 Å². The van der Waals surface area contributed by atoms with E-state index in [0.717, 1.165) is 31.5 Å². The minimum absolute atomic E-state index is 0. The lowest BCUT2D eigenvalue weighted by Gasteiger charge is -2.17. The van der Waals surface area contributed by atoms with Crippen molar-refractivity contribution < 1.29 is 17.9 Å². The molecule has 2 rings (SSSR count). The summed E-state index contributed by atoms with van der Waals surface area (Å²) in [6.45, 7) is 5.21. The molecule has 0 atom stereocenters. The first kappa shape index (κ1) is 26.6. The number of carbonyl (C=O) groups excluding carboxylic acids is 1. The van der Waals surface area contributed by atoms with Gasteiger partial charge in [0.15, 0.2) is 5.96 Å². The van der Waals surface area contributed by atoms with E-state index in [1.165, 1.54) is 7.11 Å². The standard InChI is InChI=1S/C19H31N5O4S.HI/c1-3-20-19(22-15-18(25)24-10-4-5-11-24)21-14-16-7-6-8-17(13-16)29(26,27)23-9-12-28-2;/h6-8,13,23H,3-5,9-12,14-15H2,1-2H3,(H2,20,21,22);1H.